The fraction of sp³-hybridized carbons (Fsp3) is 0.312. The van der Waals surface area contributed by atoms with Gasteiger partial charge in [-0.2, -0.15) is 30.7 Å². The van der Waals surface area contributed by atoms with Gasteiger partial charge in [0.25, 0.3) is 0 Å². The smallest absolute Gasteiger partial charge is 0.244 e. The molecule has 0 amide bonds. The van der Waals surface area contributed by atoms with Crippen molar-refractivity contribution in [3.63, 3.8) is 0 Å². The van der Waals surface area contributed by atoms with Crippen LogP contribution in [0, 0.1) is 19.9 Å². The SMILES string of the molecule is Cc1[c]c(C)c(-c2cccnc2Cl)c(SC(F)(F)C(F)(F)C(F)(F)F)c1. The first-order valence-electron chi connectivity index (χ1n) is 6.93. The second-order valence-corrected chi connectivity index (χ2v) is 6.86. The second-order valence-electron chi connectivity index (χ2n) is 5.35. The van der Waals surface area contributed by atoms with Crippen molar-refractivity contribution in [2.75, 3.05) is 0 Å². The summed E-state index contributed by atoms with van der Waals surface area (Å²) in [4.78, 5) is 3.29. The van der Waals surface area contributed by atoms with Crippen LogP contribution < -0.4 is 0 Å². The third-order valence-corrected chi connectivity index (χ3v) is 4.70. The lowest BCUT2D eigenvalue weighted by atomic mass is 10.00. The molecule has 1 radical (unpaired) electrons. The maximum atomic E-state index is 13.9. The number of hydrogen-bond acceptors (Lipinski definition) is 2. The first-order chi connectivity index (χ1) is 11.8. The van der Waals surface area contributed by atoms with Crippen LogP contribution in [0.15, 0.2) is 29.3 Å². The highest BCUT2D eigenvalue weighted by Crippen LogP contribution is 2.55. The van der Waals surface area contributed by atoms with Gasteiger partial charge < -0.3 is 0 Å². The lowest BCUT2D eigenvalue weighted by Crippen LogP contribution is -2.49. The zero-order chi connectivity index (χ0) is 19.9. The third kappa shape index (κ3) is 3.78. The molecule has 0 bridgehead atoms. The van der Waals surface area contributed by atoms with E-state index in [1.54, 1.807) is 0 Å². The number of halogens is 8. The predicted molar refractivity (Wildman–Crippen MR) is 84.8 cm³/mol. The van der Waals surface area contributed by atoms with E-state index in [1.165, 1.54) is 32.2 Å². The summed E-state index contributed by atoms with van der Waals surface area (Å²) < 4.78 is 91.5. The number of aryl methyl sites for hydroxylation is 2. The summed E-state index contributed by atoms with van der Waals surface area (Å²) in [6, 6.07) is 6.68. The highest BCUT2D eigenvalue weighted by Gasteiger charge is 2.73. The van der Waals surface area contributed by atoms with E-state index in [2.05, 4.69) is 11.1 Å². The second kappa shape index (κ2) is 6.92. The summed E-state index contributed by atoms with van der Waals surface area (Å²) in [7, 11) is 0. The summed E-state index contributed by atoms with van der Waals surface area (Å²) in [5.41, 5.74) is 0.640. The van der Waals surface area contributed by atoms with E-state index in [9.17, 15) is 30.7 Å². The van der Waals surface area contributed by atoms with Gasteiger partial charge in [0.05, 0.1) is 0 Å². The number of pyridine rings is 1. The van der Waals surface area contributed by atoms with Crippen molar-refractivity contribution in [1.82, 2.24) is 4.98 Å². The Morgan fingerprint density at radius 2 is 1.69 bits per heavy atom. The average molecular weight is 417 g/mol. The fourth-order valence-corrected chi connectivity index (χ4v) is 3.54. The van der Waals surface area contributed by atoms with Crippen LogP contribution in [-0.4, -0.2) is 22.3 Å². The van der Waals surface area contributed by atoms with E-state index >= 15 is 0 Å². The Kier molecular flexibility index (Phi) is 5.54. The minimum atomic E-state index is -6.40. The summed E-state index contributed by atoms with van der Waals surface area (Å²) in [5, 5.41) is -5.55. The molecule has 1 heterocycles. The van der Waals surface area contributed by atoms with Crippen LogP contribution in [0.25, 0.3) is 11.1 Å². The quantitative estimate of drug-likeness (QED) is 0.312. The lowest BCUT2D eigenvalue weighted by molar-refractivity contribution is -0.330. The van der Waals surface area contributed by atoms with Crippen LogP contribution in [0.2, 0.25) is 5.15 Å². The molecule has 141 valence electrons. The monoisotopic (exact) mass is 416 g/mol. The Labute approximate surface area is 153 Å². The van der Waals surface area contributed by atoms with E-state index in [4.69, 9.17) is 11.6 Å². The molecule has 0 saturated carbocycles. The van der Waals surface area contributed by atoms with Gasteiger partial charge in [-0.3, -0.25) is 0 Å². The maximum Gasteiger partial charge on any atom is 0.460 e. The number of hydrogen-bond donors (Lipinski definition) is 0. The van der Waals surface area contributed by atoms with E-state index in [0.717, 1.165) is 6.07 Å². The number of rotatable bonds is 4. The van der Waals surface area contributed by atoms with E-state index in [-0.39, 0.29) is 21.8 Å². The van der Waals surface area contributed by atoms with E-state index < -0.39 is 34.0 Å². The molecule has 2 rings (SSSR count). The van der Waals surface area contributed by atoms with Gasteiger partial charge in [0.1, 0.15) is 5.15 Å². The van der Waals surface area contributed by atoms with Crippen molar-refractivity contribution in [2.45, 2.75) is 36.1 Å². The van der Waals surface area contributed by atoms with Crippen LogP contribution in [0.1, 0.15) is 11.1 Å². The standard InChI is InChI=1S/C16H10ClF7NS/c1-8-6-9(2)12(10-4-3-5-25-13(10)17)11(7-8)26-16(23,24)14(18,19)15(20,21)22/h3-5,7H,1-2H3. The Morgan fingerprint density at radius 1 is 1.08 bits per heavy atom. The van der Waals surface area contributed by atoms with Crippen LogP contribution in [0.5, 0.6) is 0 Å². The van der Waals surface area contributed by atoms with Crippen molar-refractivity contribution in [1.29, 1.82) is 0 Å². The topological polar surface area (TPSA) is 12.9 Å². The number of aromatic nitrogens is 1. The van der Waals surface area contributed by atoms with Gasteiger partial charge in [0.2, 0.25) is 0 Å². The van der Waals surface area contributed by atoms with Gasteiger partial charge in [-0.15, -0.1) is 0 Å². The van der Waals surface area contributed by atoms with Crippen molar-refractivity contribution in [3.8, 4) is 11.1 Å². The normalized spacial score (nSPS) is 13.2. The minimum Gasteiger partial charge on any atom is -0.244 e. The average Bonchev–Trinajstić information content (AvgIpc) is 2.46. The first-order valence-corrected chi connectivity index (χ1v) is 8.13. The van der Waals surface area contributed by atoms with Crippen molar-refractivity contribution in [3.05, 3.63) is 46.7 Å². The molecule has 2 aromatic rings. The number of nitrogens with zero attached hydrogens (tertiary/aromatic N) is 1. The molecule has 1 aromatic carbocycles. The number of alkyl halides is 7. The van der Waals surface area contributed by atoms with Gasteiger partial charge in [-0.25, -0.2) is 4.98 Å². The molecule has 0 fully saturated rings. The number of thioether (sulfide) groups is 1. The molecule has 0 saturated heterocycles. The van der Waals surface area contributed by atoms with Crippen molar-refractivity contribution >= 4 is 23.4 Å². The van der Waals surface area contributed by atoms with Crippen LogP contribution in [-0.2, 0) is 0 Å². The molecule has 26 heavy (non-hydrogen) atoms. The van der Waals surface area contributed by atoms with Gasteiger partial charge >= 0.3 is 17.4 Å². The maximum absolute atomic E-state index is 13.9. The number of benzene rings is 1. The van der Waals surface area contributed by atoms with Crippen LogP contribution >= 0.6 is 23.4 Å². The molecule has 0 aliphatic heterocycles. The lowest BCUT2D eigenvalue weighted by Gasteiger charge is -2.28. The van der Waals surface area contributed by atoms with E-state index in [1.807, 2.05) is 0 Å². The Bertz CT molecular complexity index is 821. The van der Waals surface area contributed by atoms with Crippen molar-refractivity contribution in [2.24, 2.45) is 0 Å². The molecular weight excluding hydrogens is 407 g/mol. The van der Waals surface area contributed by atoms with Gasteiger partial charge in [-0.1, -0.05) is 11.6 Å². The summed E-state index contributed by atoms with van der Waals surface area (Å²) in [5.74, 6) is -6.22. The molecular formula is C16H10ClF7NS. The summed E-state index contributed by atoms with van der Waals surface area (Å²) in [6.45, 7) is 2.90. The molecule has 0 unspecified atom stereocenters. The molecule has 10 heteroatoms. The van der Waals surface area contributed by atoms with Crippen molar-refractivity contribution < 1.29 is 30.7 Å². The largest absolute Gasteiger partial charge is 0.460 e. The van der Waals surface area contributed by atoms with Gasteiger partial charge in [0.15, 0.2) is 0 Å². The highest BCUT2D eigenvalue weighted by atomic mass is 35.5. The molecule has 1 aromatic heterocycles. The Balaban J connectivity index is 2.63. The van der Waals surface area contributed by atoms with Crippen LogP contribution in [0.3, 0.4) is 0 Å². The van der Waals surface area contributed by atoms with E-state index in [0.29, 0.717) is 5.56 Å². The minimum absolute atomic E-state index is 0.0312. The highest BCUT2D eigenvalue weighted by molar-refractivity contribution is 8.00. The van der Waals surface area contributed by atoms with Gasteiger partial charge in [-0.05, 0) is 61.0 Å². The van der Waals surface area contributed by atoms with Gasteiger partial charge in [0, 0.05) is 22.2 Å². The third-order valence-electron chi connectivity index (χ3n) is 3.34. The summed E-state index contributed by atoms with van der Waals surface area (Å²) in [6.07, 6.45) is -5.08. The molecule has 0 aliphatic rings. The molecule has 1 nitrogen and oxygen atoms in total. The zero-order valence-electron chi connectivity index (χ0n) is 13.2. The predicted octanol–water partition coefficient (Wildman–Crippen LogP) is 6.70. The van der Waals surface area contributed by atoms with Crippen LogP contribution in [0.4, 0.5) is 30.7 Å². The molecule has 0 atom stereocenters. The first kappa shape index (κ1) is 20.8. The Hall–Kier alpha value is -1.48. The molecule has 0 spiro atoms. The fourth-order valence-electron chi connectivity index (χ4n) is 2.20. The molecule has 0 N–H and O–H groups in total. The summed E-state index contributed by atoms with van der Waals surface area (Å²) >= 11 is 5.05. The zero-order valence-corrected chi connectivity index (χ0v) is 14.8. The molecule has 0 aliphatic carbocycles. The Morgan fingerprint density at radius 3 is 2.23 bits per heavy atom.